The summed E-state index contributed by atoms with van der Waals surface area (Å²) in [5.41, 5.74) is 5.33. The Morgan fingerprint density at radius 3 is 2.05 bits per heavy atom. The molecule has 0 unspecified atom stereocenters. The van der Waals surface area contributed by atoms with Crippen LogP contribution in [0.2, 0.25) is 0 Å². The van der Waals surface area contributed by atoms with Crippen molar-refractivity contribution in [2.75, 3.05) is 5.75 Å². The van der Waals surface area contributed by atoms with E-state index in [-0.39, 0.29) is 5.75 Å². The molecule has 4 atom stereocenters. The van der Waals surface area contributed by atoms with Gasteiger partial charge in [0.15, 0.2) is 6.04 Å². The van der Waals surface area contributed by atoms with E-state index in [2.05, 4.69) is 23.3 Å². The van der Waals surface area contributed by atoms with Crippen molar-refractivity contribution in [3.8, 4) is 0 Å². The van der Waals surface area contributed by atoms with E-state index in [9.17, 15) is 19.5 Å². The Morgan fingerprint density at radius 1 is 1.21 bits per heavy atom. The van der Waals surface area contributed by atoms with Gasteiger partial charge in [0.2, 0.25) is 11.8 Å². The SMILES string of the molecule is C[C@H](N)C(=O)N[C@@H](CS)C(=O)N[C@H](C(=O)O)[C@@H](C)O. The van der Waals surface area contributed by atoms with Gasteiger partial charge in [-0.2, -0.15) is 12.6 Å². The summed E-state index contributed by atoms with van der Waals surface area (Å²) in [6.45, 7) is 2.67. The molecule has 0 aliphatic carbocycles. The lowest BCUT2D eigenvalue weighted by molar-refractivity contribution is -0.145. The fourth-order valence-electron chi connectivity index (χ4n) is 1.14. The summed E-state index contributed by atoms with van der Waals surface area (Å²) in [7, 11) is 0. The highest BCUT2D eigenvalue weighted by Gasteiger charge is 2.29. The lowest BCUT2D eigenvalue weighted by Gasteiger charge is -2.22. The molecular weight excluding hydrogens is 274 g/mol. The van der Waals surface area contributed by atoms with E-state index in [1.165, 1.54) is 13.8 Å². The maximum atomic E-state index is 11.8. The summed E-state index contributed by atoms with van der Waals surface area (Å²) in [6, 6.07) is -3.29. The first-order valence-corrected chi connectivity index (χ1v) is 6.22. The van der Waals surface area contributed by atoms with Crippen LogP contribution >= 0.6 is 12.6 Å². The number of nitrogens with two attached hydrogens (primary N) is 1. The van der Waals surface area contributed by atoms with Gasteiger partial charge in [-0.3, -0.25) is 9.59 Å². The summed E-state index contributed by atoms with van der Waals surface area (Å²) < 4.78 is 0. The summed E-state index contributed by atoms with van der Waals surface area (Å²) in [5, 5.41) is 22.5. The van der Waals surface area contributed by atoms with Gasteiger partial charge in [0.25, 0.3) is 0 Å². The van der Waals surface area contributed by atoms with Gasteiger partial charge in [-0.05, 0) is 13.8 Å². The van der Waals surface area contributed by atoms with Crippen molar-refractivity contribution in [1.29, 1.82) is 0 Å². The van der Waals surface area contributed by atoms with Crippen LogP contribution in [0.3, 0.4) is 0 Å². The molecule has 0 bridgehead atoms. The molecular formula is C10H19N3O5S. The van der Waals surface area contributed by atoms with Gasteiger partial charge in [0.05, 0.1) is 12.1 Å². The van der Waals surface area contributed by atoms with E-state index in [1.54, 1.807) is 0 Å². The summed E-state index contributed by atoms with van der Waals surface area (Å²) >= 11 is 3.90. The fourth-order valence-corrected chi connectivity index (χ4v) is 1.40. The maximum absolute atomic E-state index is 11.8. The number of carboxylic acid groups (broad SMARTS) is 1. The van der Waals surface area contributed by atoms with E-state index in [4.69, 9.17) is 10.8 Å². The third-order valence-electron chi connectivity index (χ3n) is 2.28. The molecule has 0 aromatic heterocycles. The second-order valence-corrected chi connectivity index (χ2v) is 4.46. The number of carboxylic acids is 1. The number of nitrogens with one attached hydrogen (secondary N) is 2. The molecule has 0 fully saturated rings. The Bertz CT molecular complexity index is 348. The van der Waals surface area contributed by atoms with E-state index >= 15 is 0 Å². The number of carbonyl (C=O) groups excluding carboxylic acids is 2. The number of hydrogen-bond acceptors (Lipinski definition) is 6. The number of rotatable bonds is 7. The van der Waals surface area contributed by atoms with Crippen molar-refractivity contribution in [1.82, 2.24) is 10.6 Å². The summed E-state index contributed by atoms with van der Waals surface area (Å²) in [4.78, 5) is 33.9. The molecule has 0 aromatic rings. The number of aliphatic hydroxyl groups is 1. The van der Waals surface area contributed by atoms with Gasteiger partial charge in [-0.15, -0.1) is 0 Å². The Kier molecular flexibility index (Phi) is 7.42. The molecule has 0 radical (unpaired) electrons. The van der Waals surface area contributed by atoms with Crippen LogP contribution in [0.1, 0.15) is 13.8 Å². The van der Waals surface area contributed by atoms with Crippen molar-refractivity contribution in [2.24, 2.45) is 5.73 Å². The Balaban J connectivity index is 4.67. The molecule has 0 rings (SSSR count). The zero-order valence-corrected chi connectivity index (χ0v) is 11.6. The molecule has 0 heterocycles. The predicted octanol–water partition coefficient (Wildman–Crippen LogP) is -2.30. The zero-order valence-electron chi connectivity index (χ0n) is 10.7. The molecule has 19 heavy (non-hydrogen) atoms. The van der Waals surface area contributed by atoms with Crippen molar-refractivity contribution in [2.45, 2.75) is 38.1 Å². The average molecular weight is 293 g/mol. The lowest BCUT2D eigenvalue weighted by Crippen LogP contribution is -2.56. The van der Waals surface area contributed by atoms with Crippen molar-refractivity contribution in [3.63, 3.8) is 0 Å². The van der Waals surface area contributed by atoms with Crippen molar-refractivity contribution in [3.05, 3.63) is 0 Å². The Morgan fingerprint density at radius 2 is 1.74 bits per heavy atom. The Labute approximate surface area is 116 Å². The first kappa shape index (κ1) is 17.7. The highest BCUT2D eigenvalue weighted by atomic mass is 32.1. The minimum Gasteiger partial charge on any atom is -0.480 e. The molecule has 0 aromatic carbocycles. The van der Waals surface area contributed by atoms with Crippen LogP contribution in [0.25, 0.3) is 0 Å². The maximum Gasteiger partial charge on any atom is 0.328 e. The molecule has 2 amide bonds. The third-order valence-corrected chi connectivity index (χ3v) is 2.64. The van der Waals surface area contributed by atoms with Gasteiger partial charge in [0, 0.05) is 5.75 Å². The largest absolute Gasteiger partial charge is 0.480 e. The quantitative estimate of drug-likeness (QED) is 0.291. The minimum atomic E-state index is -1.46. The molecule has 0 aliphatic heterocycles. The molecule has 8 nitrogen and oxygen atoms in total. The highest BCUT2D eigenvalue weighted by molar-refractivity contribution is 7.80. The predicted molar refractivity (Wildman–Crippen MR) is 70.7 cm³/mol. The van der Waals surface area contributed by atoms with Crippen molar-refractivity contribution >= 4 is 30.4 Å². The second kappa shape index (κ2) is 7.97. The molecule has 0 spiro atoms. The molecule has 0 saturated carbocycles. The normalized spacial score (nSPS) is 16.9. The average Bonchev–Trinajstić information content (AvgIpc) is 2.31. The van der Waals surface area contributed by atoms with E-state index < -0.39 is 42.0 Å². The second-order valence-electron chi connectivity index (χ2n) is 4.10. The number of amides is 2. The number of aliphatic hydroxyl groups excluding tert-OH is 1. The van der Waals surface area contributed by atoms with E-state index in [0.29, 0.717) is 0 Å². The van der Waals surface area contributed by atoms with Crippen LogP contribution in [0, 0.1) is 0 Å². The van der Waals surface area contributed by atoms with Gasteiger partial charge in [-0.1, -0.05) is 0 Å². The zero-order chi connectivity index (χ0) is 15.2. The van der Waals surface area contributed by atoms with Gasteiger partial charge >= 0.3 is 5.97 Å². The lowest BCUT2D eigenvalue weighted by atomic mass is 10.1. The van der Waals surface area contributed by atoms with Gasteiger partial charge in [-0.25, -0.2) is 4.79 Å². The summed E-state index contributed by atoms with van der Waals surface area (Å²) in [5.74, 6) is -2.72. The van der Waals surface area contributed by atoms with Crippen LogP contribution in [0.4, 0.5) is 0 Å². The number of hydrogen-bond donors (Lipinski definition) is 6. The number of carbonyl (C=O) groups is 3. The standard InChI is InChI=1S/C10H19N3O5S/c1-4(11)8(15)12-6(3-19)9(16)13-7(5(2)14)10(17)18/h4-7,14,19H,3,11H2,1-2H3,(H,12,15)(H,13,16)(H,17,18)/t4-,5+,6-,7-/m0/s1. The van der Waals surface area contributed by atoms with Crippen LogP contribution in [-0.4, -0.2) is 58.0 Å². The van der Waals surface area contributed by atoms with E-state index in [1.807, 2.05) is 0 Å². The van der Waals surface area contributed by atoms with Crippen LogP contribution in [0.15, 0.2) is 0 Å². The van der Waals surface area contributed by atoms with Crippen LogP contribution < -0.4 is 16.4 Å². The van der Waals surface area contributed by atoms with Gasteiger partial charge in [0.1, 0.15) is 6.04 Å². The van der Waals surface area contributed by atoms with E-state index in [0.717, 1.165) is 0 Å². The van der Waals surface area contributed by atoms with Gasteiger partial charge < -0.3 is 26.6 Å². The topological polar surface area (TPSA) is 142 Å². The molecule has 9 heteroatoms. The highest BCUT2D eigenvalue weighted by Crippen LogP contribution is 1.97. The third kappa shape index (κ3) is 5.90. The van der Waals surface area contributed by atoms with Crippen LogP contribution in [0.5, 0.6) is 0 Å². The minimum absolute atomic E-state index is 0.0313. The Hall–Kier alpha value is -1.32. The first-order chi connectivity index (χ1) is 8.70. The van der Waals surface area contributed by atoms with Crippen molar-refractivity contribution < 1.29 is 24.6 Å². The number of thiol groups is 1. The summed E-state index contributed by atoms with van der Waals surface area (Å²) in [6.07, 6.45) is -1.27. The number of aliphatic carboxylic acids is 1. The van der Waals surface area contributed by atoms with Crippen LogP contribution in [-0.2, 0) is 14.4 Å². The molecule has 6 N–H and O–H groups in total. The fraction of sp³-hybridized carbons (Fsp3) is 0.700. The molecule has 110 valence electrons. The monoisotopic (exact) mass is 293 g/mol. The molecule has 0 saturated heterocycles. The first-order valence-electron chi connectivity index (χ1n) is 5.58. The molecule has 0 aliphatic rings. The smallest absolute Gasteiger partial charge is 0.328 e.